The Morgan fingerprint density at radius 3 is 2.02 bits per heavy atom. The molecule has 6 aromatic rings. The van der Waals surface area contributed by atoms with Gasteiger partial charge in [0.15, 0.2) is 0 Å². The van der Waals surface area contributed by atoms with Gasteiger partial charge in [-0.25, -0.2) is 0 Å². The summed E-state index contributed by atoms with van der Waals surface area (Å²) in [6.07, 6.45) is 6.94. The van der Waals surface area contributed by atoms with E-state index in [0.717, 1.165) is 0 Å². The molecular formula is C45H38N2. The molecule has 10 rings (SSSR count). The molecule has 2 heteroatoms. The number of hydrogen-bond acceptors (Lipinski definition) is 1. The highest BCUT2D eigenvalue weighted by Crippen LogP contribution is 2.62. The monoisotopic (exact) mass is 606 g/mol. The minimum atomic E-state index is -0.161. The number of aromatic nitrogens is 1. The highest BCUT2D eigenvalue weighted by atomic mass is 15.2. The van der Waals surface area contributed by atoms with Crippen LogP contribution in [-0.2, 0) is 16.4 Å². The predicted molar refractivity (Wildman–Crippen MR) is 196 cm³/mol. The van der Waals surface area contributed by atoms with Crippen molar-refractivity contribution in [3.63, 3.8) is 0 Å². The fourth-order valence-electron chi connectivity index (χ4n) is 9.44. The molecule has 3 heterocycles. The summed E-state index contributed by atoms with van der Waals surface area (Å²) in [4.78, 5) is 2.56. The van der Waals surface area contributed by atoms with E-state index in [1.807, 2.05) is 0 Å². The summed E-state index contributed by atoms with van der Waals surface area (Å²) in [6.45, 7) is 14.5. The lowest BCUT2D eigenvalue weighted by Gasteiger charge is -2.55. The predicted octanol–water partition coefficient (Wildman–Crippen LogP) is 11.1. The minimum Gasteiger partial charge on any atom is -0.338 e. The van der Waals surface area contributed by atoms with Crippen LogP contribution in [0.1, 0.15) is 74.9 Å². The molecule has 0 bridgehead atoms. The van der Waals surface area contributed by atoms with Crippen molar-refractivity contribution in [3.8, 4) is 16.8 Å². The molecule has 0 saturated carbocycles. The molecule has 4 aliphatic rings. The van der Waals surface area contributed by atoms with E-state index in [-0.39, 0.29) is 16.4 Å². The fraction of sp³-hybridized carbons (Fsp3) is 0.200. The van der Waals surface area contributed by atoms with Crippen molar-refractivity contribution in [3.05, 3.63) is 166 Å². The van der Waals surface area contributed by atoms with E-state index in [9.17, 15) is 0 Å². The summed E-state index contributed by atoms with van der Waals surface area (Å²) in [5.41, 5.74) is 18.7. The molecule has 5 aromatic carbocycles. The molecule has 47 heavy (non-hydrogen) atoms. The minimum absolute atomic E-state index is 0.143. The van der Waals surface area contributed by atoms with Gasteiger partial charge in [0.2, 0.25) is 0 Å². The molecule has 0 unspecified atom stereocenters. The van der Waals surface area contributed by atoms with Gasteiger partial charge in [-0.1, -0.05) is 94.4 Å². The van der Waals surface area contributed by atoms with Gasteiger partial charge in [-0.15, -0.1) is 0 Å². The summed E-state index contributed by atoms with van der Waals surface area (Å²) in [6, 6.07) is 38.7. The maximum absolute atomic E-state index is 2.56. The van der Waals surface area contributed by atoms with Crippen LogP contribution < -0.4 is 0 Å². The Morgan fingerprint density at radius 1 is 0.532 bits per heavy atom. The Kier molecular flexibility index (Phi) is 4.97. The largest absolute Gasteiger partial charge is 0.338 e. The average Bonchev–Trinajstić information content (AvgIpc) is 3.41. The number of rotatable bonds is 2. The molecule has 0 atom stereocenters. The van der Waals surface area contributed by atoms with Crippen LogP contribution >= 0.6 is 0 Å². The van der Waals surface area contributed by atoms with Crippen molar-refractivity contribution >= 4 is 27.4 Å². The summed E-state index contributed by atoms with van der Waals surface area (Å²) in [7, 11) is 0. The first-order valence-corrected chi connectivity index (χ1v) is 17.0. The van der Waals surface area contributed by atoms with Crippen molar-refractivity contribution in [2.75, 3.05) is 0 Å². The van der Waals surface area contributed by atoms with Crippen LogP contribution in [0, 0.1) is 0 Å². The lowest BCUT2D eigenvalue weighted by molar-refractivity contribution is 0.227. The second-order valence-corrected chi connectivity index (χ2v) is 15.4. The third-order valence-corrected chi connectivity index (χ3v) is 11.9. The van der Waals surface area contributed by atoms with Crippen LogP contribution in [0.25, 0.3) is 44.2 Å². The Balaban J connectivity index is 1.28. The van der Waals surface area contributed by atoms with E-state index >= 15 is 0 Å². The number of fused-ring (bicyclic) bond motifs is 3. The summed E-state index contributed by atoms with van der Waals surface area (Å²) in [5.74, 6) is 0. The van der Waals surface area contributed by atoms with Gasteiger partial charge in [-0.3, -0.25) is 0 Å². The van der Waals surface area contributed by atoms with Gasteiger partial charge in [-0.05, 0) is 112 Å². The molecule has 2 aliphatic heterocycles. The quantitative estimate of drug-likeness (QED) is 0.190. The molecule has 1 aromatic heterocycles. The SMILES string of the molecule is CC1(C)C2=CC=CN3C2=C2c4c1cc(-c1cc[12c]5c(c1)c1ccccc1n5-c1ccccc1)cc4C(C)(C)c1cccc(c12)C3(C)C. The summed E-state index contributed by atoms with van der Waals surface area (Å²) >= 11 is 0. The maximum Gasteiger partial charge on any atom is 0.0646 e. The Bertz CT molecular complexity index is 2480. The number of nitrogens with zero attached hydrogens (tertiary/aromatic N) is 2. The molecule has 0 fully saturated rings. The topological polar surface area (TPSA) is 8.17 Å². The molecule has 2 nitrogen and oxygen atoms in total. The van der Waals surface area contributed by atoms with Crippen molar-refractivity contribution in [1.29, 1.82) is 0 Å². The van der Waals surface area contributed by atoms with Crippen molar-refractivity contribution in [2.24, 2.45) is 0 Å². The summed E-state index contributed by atoms with van der Waals surface area (Å²) in [5, 5.41) is 2.57. The maximum atomic E-state index is 2.56. The zero-order valence-corrected chi connectivity index (χ0v) is 27.9. The first-order chi connectivity index (χ1) is 22.6. The van der Waals surface area contributed by atoms with Gasteiger partial charge in [0.1, 0.15) is 0 Å². The molecule has 0 amide bonds. The Hall–Kier alpha value is -5.08. The van der Waals surface area contributed by atoms with Crippen LogP contribution in [-0.4, -0.2) is 9.47 Å². The lowest BCUT2D eigenvalue weighted by atomic mass is 9.55. The lowest BCUT2D eigenvalue weighted by Crippen LogP contribution is -2.48. The molecule has 0 N–H and O–H groups in total. The molecule has 228 valence electrons. The van der Waals surface area contributed by atoms with Gasteiger partial charge in [0.25, 0.3) is 0 Å². The third-order valence-electron chi connectivity index (χ3n) is 11.9. The van der Waals surface area contributed by atoms with E-state index < -0.39 is 0 Å². The standard InChI is InChI=1S/C45H38N2/c1-43(2)32-17-12-18-33-39(32)41-40-35(43)25-28(26-36(40)44(3,4)34-19-13-23-46(42(34)41)45(33,5)6)27-21-22-38-31(24-27)30-16-10-11-20-37(30)47(38)29-14-8-7-9-15-29/h7-26H,1-6H3/i38+0. The van der Waals surface area contributed by atoms with E-state index in [1.54, 1.807) is 0 Å². The number of allylic oxidation sites excluding steroid dienone is 3. The second-order valence-electron chi connectivity index (χ2n) is 15.4. The zero-order valence-electron chi connectivity index (χ0n) is 27.9. The number of para-hydroxylation sites is 2. The first kappa shape index (κ1) is 27.1. The van der Waals surface area contributed by atoms with Gasteiger partial charge in [-0.2, -0.15) is 0 Å². The summed E-state index contributed by atoms with van der Waals surface area (Å²) < 4.78 is 2.40. The van der Waals surface area contributed by atoms with Crippen molar-refractivity contribution in [1.82, 2.24) is 9.47 Å². The van der Waals surface area contributed by atoms with Crippen molar-refractivity contribution < 1.29 is 0 Å². The zero-order chi connectivity index (χ0) is 32.0. The van der Waals surface area contributed by atoms with Gasteiger partial charge < -0.3 is 9.47 Å². The van der Waals surface area contributed by atoms with E-state index in [4.69, 9.17) is 0 Å². The number of benzene rings is 5. The van der Waals surface area contributed by atoms with Gasteiger partial charge >= 0.3 is 0 Å². The van der Waals surface area contributed by atoms with Crippen LogP contribution in [0.4, 0.5) is 0 Å². The van der Waals surface area contributed by atoms with Crippen molar-refractivity contribution in [2.45, 2.75) is 57.9 Å². The highest BCUT2D eigenvalue weighted by molar-refractivity contribution is 6.10. The molecule has 0 saturated heterocycles. The van der Waals surface area contributed by atoms with E-state index in [2.05, 4.69) is 172 Å². The fourth-order valence-corrected chi connectivity index (χ4v) is 9.44. The highest BCUT2D eigenvalue weighted by Gasteiger charge is 2.52. The smallest absolute Gasteiger partial charge is 0.0646 e. The normalized spacial score (nSPS) is 18.9. The molecule has 0 radical (unpaired) electrons. The average molecular weight is 607 g/mol. The third kappa shape index (κ3) is 3.21. The van der Waals surface area contributed by atoms with E-state index in [1.165, 1.54) is 88.8 Å². The van der Waals surface area contributed by atoms with Crippen LogP contribution in [0.3, 0.4) is 0 Å². The van der Waals surface area contributed by atoms with Crippen LogP contribution in [0.15, 0.2) is 133 Å². The van der Waals surface area contributed by atoms with Crippen LogP contribution in [0.2, 0.25) is 0 Å². The number of hydrogen-bond donors (Lipinski definition) is 0. The molecule has 0 spiro atoms. The van der Waals surface area contributed by atoms with Crippen LogP contribution in [0.5, 0.6) is 0 Å². The molecule has 2 aliphatic carbocycles. The van der Waals surface area contributed by atoms with Gasteiger partial charge in [0, 0.05) is 39.1 Å². The van der Waals surface area contributed by atoms with E-state index in [0.29, 0.717) is 0 Å². The molecular weight excluding hydrogens is 568 g/mol. The van der Waals surface area contributed by atoms with Gasteiger partial charge in [0.05, 0.1) is 22.3 Å². The first-order valence-electron chi connectivity index (χ1n) is 17.0. The Morgan fingerprint density at radius 2 is 1.21 bits per heavy atom. The second kappa shape index (κ2) is 8.63. The Labute approximate surface area is 277 Å².